The van der Waals surface area contributed by atoms with E-state index in [-0.39, 0.29) is 0 Å². The van der Waals surface area contributed by atoms with Crippen molar-refractivity contribution in [3.05, 3.63) is 11.8 Å². The maximum absolute atomic E-state index is 10.3. The molecular weight excluding hydrogens is 240 g/mol. The lowest BCUT2D eigenvalue weighted by atomic mass is 10.0. The summed E-state index contributed by atoms with van der Waals surface area (Å²) in [5.41, 5.74) is 0.366. The minimum absolute atomic E-state index is 0.560. The molecule has 2 rings (SSSR count). The summed E-state index contributed by atoms with van der Waals surface area (Å²) in [7, 11) is 0. The van der Waals surface area contributed by atoms with Gasteiger partial charge in [-0.2, -0.15) is 4.98 Å². The van der Waals surface area contributed by atoms with Gasteiger partial charge < -0.3 is 15.7 Å². The van der Waals surface area contributed by atoms with Crippen LogP contribution in [0.3, 0.4) is 0 Å². The summed E-state index contributed by atoms with van der Waals surface area (Å²) in [5, 5.41) is 16.7. The molecule has 5 nitrogen and oxygen atoms in total. The fourth-order valence-corrected chi connectivity index (χ4v) is 2.44. The Bertz CT molecular complexity index is 416. The van der Waals surface area contributed by atoms with Gasteiger partial charge in [0.05, 0.1) is 5.60 Å². The first kappa shape index (κ1) is 14.1. The van der Waals surface area contributed by atoms with Crippen LogP contribution in [-0.2, 0) is 0 Å². The lowest BCUT2D eigenvalue weighted by Gasteiger charge is -2.22. The molecule has 0 aliphatic heterocycles. The summed E-state index contributed by atoms with van der Waals surface area (Å²) in [6, 6.07) is 1.91. The van der Waals surface area contributed by atoms with Crippen LogP contribution in [-0.4, -0.2) is 33.8 Å². The van der Waals surface area contributed by atoms with Crippen LogP contribution in [0, 0.1) is 6.92 Å². The van der Waals surface area contributed by atoms with Crippen LogP contribution < -0.4 is 10.6 Å². The minimum atomic E-state index is -0.560. The molecule has 0 spiro atoms. The average molecular weight is 264 g/mol. The molecule has 3 N–H and O–H groups in total. The highest BCUT2D eigenvalue weighted by molar-refractivity contribution is 5.42. The summed E-state index contributed by atoms with van der Waals surface area (Å²) in [6.07, 6.45) is 5.03. The summed E-state index contributed by atoms with van der Waals surface area (Å²) in [6.45, 7) is 5.50. The molecule has 1 aromatic heterocycles. The number of nitrogens with one attached hydrogen (secondary N) is 2. The van der Waals surface area contributed by atoms with Gasteiger partial charge in [0, 0.05) is 24.8 Å². The van der Waals surface area contributed by atoms with E-state index in [0.29, 0.717) is 12.5 Å². The highest BCUT2D eigenvalue weighted by Gasteiger charge is 2.30. The lowest BCUT2D eigenvalue weighted by molar-refractivity contribution is 0.0614. The van der Waals surface area contributed by atoms with Crippen LogP contribution in [0.25, 0.3) is 0 Å². The van der Waals surface area contributed by atoms with Crippen molar-refractivity contribution in [1.82, 2.24) is 9.97 Å². The molecule has 19 heavy (non-hydrogen) atoms. The van der Waals surface area contributed by atoms with E-state index in [9.17, 15) is 5.11 Å². The molecule has 1 aliphatic rings. The van der Waals surface area contributed by atoms with Crippen LogP contribution in [0.5, 0.6) is 0 Å². The second-order valence-corrected chi connectivity index (χ2v) is 5.43. The first-order valence-electron chi connectivity index (χ1n) is 7.17. The molecule has 106 valence electrons. The zero-order valence-corrected chi connectivity index (χ0v) is 11.9. The zero-order valence-electron chi connectivity index (χ0n) is 11.9. The van der Waals surface area contributed by atoms with Crippen molar-refractivity contribution in [2.45, 2.75) is 51.6 Å². The van der Waals surface area contributed by atoms with E-state index in [2.05, 4.69) is 27.5 Å². The second kappa shape index (κ2) is 6.19. The van der Waals surface area contributed by atoms with E-state index < -0.39 is 5.60 Å². The standard InChI is InChI=1S/C14H24N4O/c1-3-8-15-13-17-11(2)9-12(18-13)16-10-14(19)6-4-5-7-14/h9,19H,3-8,10H2,1-2H3,(H2,15,16,17,18). The van der Waals surface area contributed by atoms with E-state index in [1.165, 1.54) is 0 Å². The van der Waals surface area contributed by atoms with E-state index in [1.54, 1.807) is 0 Å². The Morgan fingerprint density at radius 2 is 2.00 bits per heavy atom. The predicted octanol–water partition coefficient (Wildman–Crippen LogP) is 2.32. The Morgan fingerprint density at radius 1 is 1.26 bits per heavy atom. The van der Waals surface area contributed by atoms with Crippen LogP contribution >= 0.6 is 0 Å². The second-order valence-electron chi connectivity index (χ2n) is 5.43. The molecule has 0 unspecified atom stereocenters. The summed E-state index contributed by atoms with van der Waals surface area (Å²) in [4.78, 5) is 8.76. The quantitative estimate of drug-likeness (QED) is 0.735. The Kier molecular flexibility index (Phi) is 4.58. The van der Waals surface area contributed by atoms with Crippen molar-refractivity contribution in [2.75, 3.05) is 23.7 Å². The SMILES string of the molecule is CCCNc1nc(C)cc(NCC2(O)CCCC2)n1. The van der Waals surface area contributed by atoms with E-state index in [0.717, 1.165) is 50.2 Å². The van der Waals surface area contributed by atoms with Gasteiger partial charge in [0.1, 0.15) is 5.82 Å². The largest absolute Gasteiger partial charge is 0.388 e. The smallest absolute Gasteiger partial charge is 0.224 e. The Hall–Kier alpha value is -1.36. The molecule has 0 radical (unpaired) electrons. The maximum atomic E-state index is 10.3. The molecule has 0 atom stereocenters. The average Bonchev–Trinajstić information content (AvgIpc) is 2.81. The van der Waals surface area contributed by atoms with Crippen molar-refractivity contribution in [3.63, 3.8) is 0 Å². The number of rotatable bonds is 6. The number of aromatic nitrogens is 2. The monoisotopic (exact) mass is 264 g/mol. The Morgan fingerprint density at radius 3 is 2.68 bits per heavy atom. The van der Waals surface area contributed by atoms with Gasteiger partial charge in [-0.3, -0.25) is 0 Å². The number of aliphatic hydroxyl groups is 1. The van der Waals surface area contributed by atoms with Crippen molar-refractivity contribution >= 4 is 11.8 Å². The van der Waals surface area contributed by atoms with Gasteiger partial charge in [-0.05, 0) is 26.2 Å². The molecule has 0 aromatic carbocycles. The van der Waals surface area contributed by atoms with Crippen LogP contribution in [0.1, 0.15) is 44.7 Å². The molecule has 1 aliphatic carbocycles. The zero-order chi connectivity index (χ0) is 13.7. The van der Waals surface area contributed by atoms with Crippen molar-refractivity contribution in [2.24, 2.45) is 0 Å². The number of anilines is 2. The van der Waals surface area contributed by atoms with Gasteiger partial charge in [0.25, 0.3) is 0 Å². The van der Waals surface area contributed by atoms with Gasteiger partial charge in [0.2, 0.25) is 5.95 Å². The van der Waals surface area contributed by atoms with Crippen LogP contribution in [0.2, 0.25) is 0 Å². The maximum Gasteiger partial charge on any atom is 0.224 e. The fourth-order valence-electron chi connectivity index (χ4n) is 2.44. The van der Waals surface area contributed by atoms with Crippen molar-refractivity contribution < 1.29 is 5.11 Å². The topological polar surface area (TPSA) is 70.1 Å². The Balaban J connectivity index is 1.97. The molecule has 1 fully saturated rings. The molecule has 1 saturated carbocycles. The summed E-state index contributed by atoms with van der Waals surface area (Å²) < 4.78 is 0. The minimum Gasteiger partial charge on any atom is -0.388 e. The molecule has 0 bridgehead atoms. The van der Waals surface area contributed by atoms with E-state index in [4.69, 9.17) is 0 Å². The summed E-state index contributed by atoms with van der Waals surface area (Å²) in [5.74, 6) is 1.44. The summed E-state index contributed by atoms with van der Waals surface area (Å²) >= 11 is 0. The Labute approximate surface area is 114 Å². The predicted molar refractivity (Wildman–Crippen MR) is 77.5 cm³/mol. The van der Waals surface area contributed by atoms with E-state index >= 15 is 0 Å². The first-order valence-corrected chi connectivity index (χ1v) is 7.17. The van der Waals surface area contributed by atoms with Crippen LogP contribution in [0.4, 0.5) is 11.8 Å². The van der Waals surface area contributed by atoms with Crippen molar-refractivity contribution in [3.8, 4) is 0 Å². The molecular formula is C14H24N4O. The molecule has 1 heterocycles. The number of hydrogen-bond acceptors (Lipinski definition) is 5. The van der Waals surface area contributed by atoms with Crippen LogP contribution in [0.15, 0.2) is 6.07 Å². The highest BCUT2D eigenvalue weighted by atomic mass is 16.3. The van der Waals surface area contributed by atoms with Gasteiger partial charge in [-0.25, -0.2) is 4.98 Å². The number of aryl methyl sites for hydroxylation is 1. The third-order valence-corrected chi connectivity index (χ3v) is 3.52. The van der Waals surface area contributed by atoms with Gasteiger partial charge in [-0.15, -0.1) is 0 Å². The lowest BCUT2D eigenvalue weighted by Crippen LogP contribution is -2.33. The molecule has 0 saturated heterocycles. The van der Waals surface area contributed by atoms with Gasteiger partial charge >= 0.3 is 0 Å². The normalized spacial score (nSPS) is 17.4. The van der Waals surface area contributed by atoms with Crippen molar-refractivity contribution in [1.29, 1.82) is 0 Å². The first-order chi connectivity index (χ1) is 9.11. The molecule has 5 heteroatoms. The third-order valence-electron chi connectivity index (χ3n) is 3.52. The fraction of sp³-hybridized carbons (Fsp3) is 0.714. The molecule has 1 aromatic rings. The molecule has 0 amide bonds. The third kappa shape index (κ3) is 4.06. The van der Waals surface area contributed by atoms with E-state index in [1.807, 2.05) is 13.0 Å². The van der Waals surface area contributed by atoms with Gasteiger partial charge in [0.15, 0.2) is 0 Å². The van der Waals surface area contributed by atoms with Gasteiger partial charge in [-0.1, -0.05) is 19.8 Å². The number of nitrogens with zero attached hydrogens (tertiary/aromatic N) is 2. The number of hydrogen-bond donors (Lipinski definition) is 3. The highest BCUT2D eigenvalue weighted by Crippen LogP contribution is 2.29.